The Kier molecular flexibility index (Phi) is 5.92. The fraction of sp³-hybridized carbons (Fsp3) is 0.357. The van der Waals surface area contributed by atoms with Crippen molar-refractivity contribution >= 4 is 39.5 Å². The van der Waals surface area contributed by atoms with E-state index in [1.54, 1.807) is 12.4 Å². The normalized spacial score (nSPS) is 16.9. The van der Waals surface area contributed by atoms with Gasteiger partial charge in [-0.25, -0.2) is 15.0 Å². The number of carbonyl (C=O) groups excluding carboxylic acids is 1. The van der Waals surface area contributed by atoms with E-state index in [1.807, 2.05) is 30.5 Å². The first-order valence-corrected chi connectivity index (χ1v) is 13.5. The summed E-state index contributed by atoms with van der Waals surface area (Å²) in [5, 5.41) is 10.7. The van der Waals surface area contributed by atoms with Crippen molar-refractivity contribution in [1.29, 1.82) is 0 Å². The minimum absolute atomic E-state index is 0.0716. The van der Waals surface area contributed by atoms with Crippen molar-refractivity contribution < 1.29 is 4.79 Å². The summed E-state index contributed by atoms with van der Waals surface area (Å²) >= 11 is 0. The van der Waals surface area contributed by atoms with Gasteiger partial charge in [-0.1, -0.05) is 12.8 Å². The lowest BCUT2D eigenvalue weighted by Gasteiger charge is -2.33. The summed E-state index contributed by atoms with van der Waals surface area (Å²) in [5.41, 5.74) is 6.15. The van der Waals surface area contributed by atoms with Crippen LogP contribution in [-0.4, -0.2) is 79.2 Å². The molecule has 0 bridgehead atoms. The standard InChI is InChI=1S/C28H30N10O/c1-37-10-12-38(13-11-37)27-24-21(8-9-30-27)33-26(34-24)25-23-22(35-36-25)7-6-20(32-23)18-14-19(16-29-15-18)31-28(39)17-4-2-3-5-17/h6-9,14-17H,2-5,10-13H2,1H3,(H,31,39)(H,33,34)(H,35,36). The van der Waals surface area contributed by atoms with Gasteiger partial charge in [0.15, 0.2) is 17.3 Å². The number of nitrogens with zero attached hydrogens (tertiary/aromatic N) is 7. The van der Waals surface area contributed by atoms with Crippen molar-refractivity contribution in [1.82, 2.24) is 40.0 Å². The van der Waals surface area contributed by atoms with Gasteiger partial charge in [0, 0.05) is 50.1 Å². The average molecular weight is 523 g/mol. The predicted molar refractivity (Wildman–Crippen MR) is 150 cm³/mol. The molecular weight excluding hydrogens is 492 g/mol. The molecule has 1 saturated heterocycles. The molecular formula is C28H30N10O. The maximum atomic E-state index is 12.6. The van der Waals surface area contributed by atoms with E-state index in [0.717, 1.165) is 85.5 Å². The minimum atomic E-state index is 0.0716. The highest BCUT2D eigenvalue weighted by Gasteiger charge is 2.23. The number of rotatable bonds is 5. The summed E-state index contributed by atoms with van der Waals surface area (Å²) in [6.45, 7) is 3.81. The molecule has 3 N–H and O–H groups in total. The van der Waals surface area contributed by atoms with Crippen molar-refractivity contribution in [3.63, 3.8) is 0 Å². The van der Waals surface area contributed by atoms with Crippen LogP contribution in [0.15, 0.2) is 42.9 Å². The van der Waals surface area contributed by atoms with Gasteiger partial charge in [-0.15, -0.1) is 0 Å². The van der Waals surface area contributed by atoms with Gasteiger partial charge in [0.1, 0.15) is 11.0 Å². The summed E-state index contributed by atoms with van der Waals surface area (Å²) in [7, 11) is 2.14. The van der Waals surface area contributed by atoms with E-state index in [0.29, 0.717) is 22.7 Å². The van der Waals surface area contributed by atoms with Crippen LogP contribution in [-0.2, 0) is 4.79 Å². The summed E-state index contributed by atoms with van der Waals surface area (Å²) < 4.78 is 0. The summed E-state index contributed by atoms with van der Waals surface area (Å²) in [6, 6.07) is 7.74. The van der Waals surface area contributed by atoms with Gasteiger partial charge in [-0.2, -0.15) is 5.10 Å². The van der Waals surface area contributed by atoms with Crippen LogP contribution in [0.5, 0.6) is 0 Å². The third-order valence-electron chi connectivity index (χ3n) is 7.84. The molecule has 11 heteroatoms. The molecule has 2 aliphatic rings. The van der Waals surface area contributed by atoms with Gasteiger partial charge >= 0.3 is 0 Å². The highest BCUT2D eigenvalue weighted by molar-refractivity contribution is 5.95. The number of hydrogen-bond acceptors (Lipinski definition) is 8. The molecule has 0 aromatic carbocycles. The number of imidazole rings is 1. The maximum Gasteiger partial charge on any atom is 0.227 e. The largest absolute Gasteiger partial charge is 0.352 e. The lowest BCUT2D eigenvalue weighted by Crippen LogP contribution is -2.44. The number of H-pyrrole nitrogens is 2. The zero-order valence-corrected chi connectivity index (χ0v) is 21.8. The van der Waals surface area contributed by atoms with Crippen molar-refractivity contribution in [3.05, 3.63) is 42.9 Å². The van der Waals surface area contributed by atoms with Crippen molar-refractivity contribution in [3.8, 4) is 22.8 Å². The second-order valence-electron chi connectivity index (χ2n) is 10.5. The Morgan fingerprint density at radius 2 is 1.85 bits per heavy atom. The summed E-state index contributed by atoms with van der Waals surface area (Å²) in [6.07, 6.45) is 9.40. The van der Waals surface area contributed by atoms with E-state index in [4.69, 9.17) is 9.97 Å². The second kappa shape index (κ2) is 9.73. The van der Waals surface area contributed by atoms with E-state index in [2.05, 4.69) is 47.3 Å². The summed E-state index contributed by atoms with van der Waals surface area (Å²) in [5.74, 6) is 1.69. The molecule has 0 radical (unpaired) electrons. The number of carbonyl (C=O) groups is 1. The third kappa shape index (κ3) is 4.48. The van der Waals surface area contributed by atoms with Crippen LogP contribution in [0.3, 0.4) is 0 Å². The zero-order chi connectivity index (χ0) is 26.3. The Morgan fingerprint density at radius 3 is 2.69 bits per heavy atom. The molecule has 39 heavy (non-hydrogen) atoms. The summed E-state index contributed by atoms with van der Waals surface area (Å²) in [4.78, 5) is 39.6. The van der Waals surface area contributed by atoms with E-state index >= 15 is 0 Å². The fourth-order valence-electron chi connectivity index (χ4n) is 5.59. The number of aromatic amines is 2. The van der Waals surface area contributed by atoms with Crippen LogP contribution in [0.1, 0.15) is 25.7 Å². The Hall–Kier alpha value is -4.38. The van der Waals surface area contributed by atoms with Crippen LogP contribution in [0.2, 0.25) is 0 Å². The Bertz CT molecular complexity index is 1660. The van der Waals surface area contributed by atoms with Crippen LogP contribution < -0.4 is 10.2 Å². The van der Waals surface area contributed by atoms with Crippen molar-refractivity contribution in [2.75, 3.05) is 43.4 Å². The van der Waals surface area contributed by atoms with E-state index in [9.17, 15) is 4.79 Å². The van der Waals surface area contributed by atoms with E-state index in [1.165, 1.54) is 0 Å². The molecule has 0 unspecified atom stereocenters. The number of aromatic nitrogens is 7. The fourth-order valence-corrected chi connectivity index (χ4v) is 5.59. The zero-order valence-electron chi connectivity index (χ0n) is 21.8. The Labute approximate surface area is 225 Å². The van der Waals surface area contributed by atoms with Crippen LogP contribution in [0, 0.1) is 5.92 Å². The first-order chi connectivity index (χ1) is 19.1. The van der Waals surface area contributed by atoms with Gasteiger partial charge in [0.2, 0.25) is 5.91 Å². The quantitative estimate of drug-likeness (QED) is 0.317. The number of anilines is 2. The van der Waals surface area contributed by atoms with E-state index < -0.39 is 0 Å². The molecule has 11 nitrogen and oxygen atoms in total. The Morgan fingerprint density at radius 1 is 1.00 bits per heavy atom. The molecule has 198 valence electrons. The third-order valence-corrected chi connectivity index (χ3v) is 7.84. The van der Waals surface area contributed by atoms with Crippen LogP contribution in [0.25, 0.3) is 44.8 Å². The van der Waals surface area contributed by atoms with Gasteiger partial charge in [0.05, 0.1) is 28.6 Å². The minimum Gasteiger partial charge on any atom is -0.352 e. The number of likely N-dealkylation sites (N-methyl/N-ethyl adjacent to an activating group) is 1. The second-order valence-corrected chi connectivity index (χ2v) is 10.5. The molecule has 1 aliphatic carbocycles. The maximum absolute atomic E-state index is 12.6. The lowest BCUT2D eigenvalue weighted by molar-refractivity contribution is -0.119. The predicted octanol–water partition coefficient (Wildman–Crippen LogP) is 3.84. The number of pyridine rings is 3. The van der Waals surface area contributed by atoms with Crippen molar-refractivity contribution in [2.45, 2.75) is 25.7 Å². The average Bonchev–Trinajstić information content (AvgIpc) is 3.73. The molecule has 1 amide bonds. The van der Waals surface area contributed by atoms with Gasteiger partial charge < -0.3 is 20.1 Å². The van der Waals surface area contributed by atoms with Crippen molar-refractivity contribution in [2.24, 2.45) is 5.92 Å². The van der Waals surface area contributed by atoms with E-state index in [-0.39, 0.29) is 11.8 Å². The number of nitrogens with one attached hydrogen (secondary N) is 3. The number of hydrogen-bond donors (Lipinski definition) is 3. The molecule has 1 aliphatic heterocycles. The number of fused-ring (bicyclic) bond motifs is 2. The van der Waals surface area contributed by atoms with Crippen LogP contribution >= 0.6 is 0 Å². The van der Waals surface area contributed by atoms with Gasteiger partial charge in [0.25, 0.3) is 0 Å². The molecule has 6 heterocycles. The highest BCUT2D eigenvalue weighted by Crippen LogP contribution is 2.31. The Balaban J connectivity index is 1.21. The topological polar surface area (TPSA) is 132 Å². The van der Waals surface area contributed by atoms with Gasteiger partial charge in [-0.3, -0.25) is 14.9 Å². The molecule has 5 aromatic rings. The molecule has 0 spiro atoms. The van der Waals surface area contributed by atoms with Crippen LogP contribution in [0.4, 0.5) is 11.5 Å². The monoisotopic (exact) mass is 522 g/mol. The smallest absolute Gasteiger partial charge is 0.227 e. The molecule has 2 fully saturated rings. The first kappa shape index (κ1) is 23.7. The number of piperazine rings is 1. The molecule has 0 atom stereocenters. The SMILES string of the molecule is CN1CCN(c2nccc3[nH]c(-c4n[nH]c5ccc(-c6cncc(NC(=O)C7CCCC7)c6)nc45)nc23)CC1. The highest BCUT2D eigenvalue weighted by atomic mass is 16.1. The molecule has 7 rings (SSSR count). The van der Waals surface area contributed by atoms with Gasteiger partial charge in [-0.05, 0) is 44.2 Å². The number of amides is 1. The molecule has 1 saturated carbocycles. The first-order valence-electron chi connectivity index (χ1n) is 13.5. The lowest BCUT2D eigenvalue weighted by atomic mass is 10.1. The molecule has 5 aromatic heterocycles.